The zero-order chi connectivity index (χ0) is 11.4. The molecule has 1 aliphatic rings. The number of nitrogens with one attached hydrogen (secondary N) is 2. The molecule has 0 spiro atoms. The van der Waals surface area contributed by atoms with Gasteiger partial charge in [0.2, 0.25) is 0 Å². The molecule has 6 nitrogen and oxygen atoms in total. The maximum Gasteiger partial charge on any atom is 0.145 e. The Morgan fingerprint density at radius 1 is 1.31 bits per heavy atom. The SMILES string of the molecule is Cc1nc(NN)cc(NC2CCOCC2)n1. The Kier molecular flexibility index (Phi) is 3.53. The highest BCUT2D eigenvalue weighted by Gasteiger charge is 2.14. The lowest BCUT2D eigenvalue weighted by atomic mass is 10.1. The minimum Gasteiger partial charge on any atom is -0.381 e. The summed E-state index contributed by atoms with van der Waals surface area (Å²) in [5.74, 6) is 7.47. The Bertz CT molecular complexity index is 351. The summed E-state index contributed by atoms with van der Waals surface area (Å²) in [6.07, 6.45) is 2.02. The molecule has 0 saturated carbocycles. The van der Waals surface area contributed by atoms with Gasteiger partial charge in [-0.25, -0.2) is 15.8 Å². The van der Waals surface area contributed by atoms with Gasteiger partial charge in [0.25, 0.3) is 0 Å². The maximum absolute atomic E-state index is 5.33. The second-order valence-corrected chi connectivity index (χ2v) is 3.86. The van der Waals surface area contributed by atoms with Gasteiger partial charge in [-0.15, -0.1) is 0 Å². The van der Waals surface area contributed by atoms with Gasteiger partial charge in [-0.05, 0) is 19.8 Å². The van der Waals surface area contributed by atoms with E-state index in [1.807, 2.05) is 13.0 Å². The smallest absolute Gasteiger partial charge is 0.145 e. The van der Waals surface area contributed by atoms with Crippen molar-refractivity contribution in [3.05, 3.63) is 11.9 Å². The van der Waals surface area contributed by atoms with Gasteiger partial charge in [0.05, 0.1) is 0 Å². The van der Waals surface area contributed by atoms with Crippen molar-refractivity contribution in [2.24, 2.45) is 5.84 Å². The van der Waals surface area contributed by atoms with Crippen LogP contribution in [0.1, 0.15) is 18.7 Å². The molecule has 2 rings (SSSR count). The van der Waals surface area contributed by atoms with E-state index in [1.54, 1.807) is 0 Å². The molecule has 1 saturated heterocycles. The molecule has 0 aromatic carbocycles. The highest BCUT2D eigenvalue weighted by atomic mass is 16.5. The number of anilines is 2. The molecule has 4 N–H and O–H groups in total. The van der Waals surface area contributed by atoms with Gasteiger partial charge < -0.3 is 15.5 Å². The van der Waals surface area contributed by atoms with E-state index >= 15 is 0 Å². The van der Waals surface area contributed by atoms with Crippen molar-refractivity contribution >= 4 is 11.6 Å². The lowest BCUT2D eigenvalue weighted by Crippen LogP contribution is -2.28. The normalized spacial score (nSPS) is 17.1. The summed E-state index contributed by atoms with van der Waals surface area (Å²) in [4.78, 5) is 8.45. The van der Waals surface area contributed by atoms with Gasteiger partial charge >= 0.3 is 0 Å². The molecule has 0 atom stereocenters. The van der Waals surface area contributed by atoms with E-state index in [1.165, 1.54) is 0 Å². The number of aryl methyl sites for hydroxylation is 1. The molecule has 1 aromatic heterocycles. The van der Waals surface area contributed by atoms with Crippen molar-refractivity contribution in [1.29, 1.82) is 0 Å². The Morgan fingerprint density at radius 3 is 2.69 bits per heavy atom. The van der Waals surface area contributed by atoms with E-state index in [4.69, 9.17) is 10.6 Å². The molecular weight excluding hydrogens is 206 g/mol. The van der Waals surface area contributed by atoms with Gasteiger partial charge in [0.15, 0.2) is 0 Å². The number of hydrazine groups is 1. The summed E-state index contributed by atoms with van der Waals surface area (Å²) in [5.41, 5.74) is 2.53. The van der Waals surface area contributed by atoms with Crippen molar-refractivity contribution < 1.29 is 4.74 Å². The van der Waals surface area contributed by atoms with E-state index in [0.29, 0.717) is 17.7 Å². The minimum atomic E-state index is 0.425. The molecule has 6 heteroatoms. The number of aromatic nitrogens is 2. The van der Waals surface area contributed by atoms with Crippen molar-refractivity contribution in [1.82, 2.24) is 9.97 Å². The first-order valence-electron chi connectivity index (χ1n) is 5.44. The van der Waals surface area contributed by atoms with Gasteiger partial charge in [-0.3, -0.25) is 0 Å². The summed E-state index contributed by atoms with van der Waals surface area (Å²) in [7, 11) is 0. The summed E-state index contributed by atoms with van der Waals surface area (Å²) < 4.78 is 5.30. The Hall–Kier alpha value is -1.40. The third-order valence-electron chi connectivity index (χ3n) is 2.56. The zero-order valence-electron chi connectivity index (χ0n) is 9.36. The van der Waals surface area contributed by atoms with Crippen LogP contribution in [0.25, 0.3) is 0 Å². The fraction of sp³-hybridized carbons (Fsp3) is 0.600. The van der Waals surface area contributed by atoms with Crippen molar-refractivity contribution in [3.8, 4) is 0 Å². The quantitative estimate of drug-likeness (QED) is 0.515. The number of rotatable bonds is 3. The molecule has 0 radical (unpaired) electrons. The third-order valence-corrected chi connectivity index (χ3v) is 2.56. The van der Waals surface area contributed by atoms with E-state index in [-0.39, 0.29) is 0 Å². The molecule has 2 heterocycles. The van der Waals surface area contributed by atoms with E-state index in [2.05, 4.69) is 20.7 Å². The van der Waals surface area contributed by atoms with Crippen LogP contribution in [0.2, 0.25) is 0 Å². The largest absolute Gasteiger partial charge is 0.381 e. The summed E-state index contributed by atoms with van der Waals surface area (Å²) >= 11 is 0. The van der Waals surface area contributed by atoms with Crippen LogP contribution in [0, 0.1) is 6.92 Å². The number of ether oxygens (including phenoxy) is 1. The van der Waals surface area contributed by atoms with Crippen LogP contribution in [-0.4, -0.2) is 29.2 Å². The van der Waals surface area contributed by atoms with Crippen LogP contribution in [0.4, 0.5) is 11.6 Å². The summed E-state index contributed by atoms with van der Waals surface area (Å²) in [6.45, 7) is 3.46. The molecular formula is C10H17N5O. The van der Waals surface area contributed by atoms with Gasteiger partial charge in [-0.1, -0.05) is 0 Å². The third kappa shape index (κ3) is 2.80. The number of nitrogens with two attached hydrogens (primary N) is 1. The van der Waals surface area contributed by atoms with Crippen molar-refractivity contribution in [3.63, 3.8) is 0 Å². The van der Waals surface area contributed by atoms with Crippen LogP contribution < -0.4 is 16.6 Å². The fourth-order valence-corrected chi connectivity index (χ4v) is 1.77. The van der Waals surface area contributed by atoms with Crippen LogP contribution in [-0.2, 0) is 4.74 Å². The number of nitrogens with zero attached hydrogens (tertiary/aromatic N) is 2. The van der Waals surface area contributed by atoms with Crippen LogP contribution in [0.3, 0.4) is 0 Å². The highest BCUT2D eigenvalue weighted by Crippen LogP contribution is 2.15. The monoisotopic (exact) mass is 223 g/mol. The van der Waals surface area contributed by atoms with Gasteiger partial charge in [0, 0.05) is 25.3 Å². The summed E-state index contributed by atoms with van der Waals surface area (Å²) in [6, 6.07) is 2.23. The molecule has 1 aliphatic heterocycles. The highest BCUT2D eigenvalue weighted by molar-refractivity contribution is 5.47. The standard InChI is InChI=1S/C10H17N5O/c1-7-12-9(6-10(13-7)15-11)14-8-2-4-16-5-3-8/h6,8H,2-5,11H2,1H3,(H2,12,13,14,15). The van der Waals surface area contributed by atoms with Crippen LogP contribution in [0.15, 0.2) is 6.07 Å². The Balaban J connectivity index is 2.04. The van der Waals surface area contributed by atoms with E-state index < -0.39 is 0 Å². The molecule has 88 valence electrons. The molecule has 1 fully saturated rings. The number of hydrogen-bond acceptors (Lipinski definition) is 6. The van der Waals surface area contributed by atoms with Crippen LogP contribution >= 0.6 is 0 Å². The Labute approximate surface area is 94.6 Å². The molecule has 1 aromatic rings. The first-order valence-corrected chi connectivity index (χ1v) is 5.44. The molecule has 0 amide bonds. The van der Waals surface area contributed by atoms with E-state index in [0.717, 1.165) is 31.9 Å². The lowest BCUT2D eigenvalue weighted by Gasteiger charge is -2.23. The van der Waals surface area contributed by atoms with Gasteiger partial charge in [-0.2, -0.15) is 0 Å². The number of nitrogen functional groups attached to an aromatic ring is 1. The van der Waals surface area contributed by atoms with Crippen molar-refractivity contribution in [2.45, 2.75) is 25.8 Å². The molecule has 0 aliphatic carbocycles. The van der Waals surface area contributed by atoms with Crippen molar-refractivity contribution in [2.75, 3.05) is 24.0 Å². The average Bonchev–Trinajstić information content (AvgIpc) is 2.29. The summed E-state index contributed by atoms with van der Waals surface area (Å²) in [5, 5.41) is 3.37. The first kappa shape index (κ1) is 11.1. The average molecular weight is 223 g/mol. The lowest BCUT2D eigenvalue weighted by molar-refractivity contribution is 0.0904. The molecule has 16 heavy (non-hydrogen) atoms. The van der Waals surface area contributed by atoms with E-state index in [9.17, 15) is 0 Å². The first-order chi connectivity index (χ1) is 7.78. The minimum absolute atomic E-state index is 0.425. The number of hydrogen-bond donors (Lipinski definition) is 3. The molecule has 0 bridgehead atoms. The zero-order valence-corrected chi connectivity index (χ0v) is 9.36. The van der Waals surface area contributed by atoms with Gasteiger partial charge in [0.1, 0.15) is 17.5 Å². The topological polar surface area (TPSA) is 85.1 Å². The molecule has 0 unspecified atom stereocenters. The second kappa shape index (κ2) is 5.09. The predicted molar refractivity (Wildman–Crippen MR) is 62.0 cm³/mol. The Morgan fingerprint density at radius 2 is 2.00 bits per heavy atom. The predicted octanol–water partition coefficient (Wildman–Crippen LogP) is 0.662. The second-order valence-electron chi connectivity index (χ2n) is 3.86. The van der Waals surface area contributed by atoms with Crippen LogP contribution in [0.5, 0.6) is 0 Å². The maximum atomic E-state index is 5.33. The fourth-order valence-electron chi connectivity index (χ4n) is 1.77.